The molecule has 2 heterocycles. The summed E-state index contributed by atoms with van der Waals surface area (Å²) in [6.45, 7) is 2.03. The van der Waals surface area contributed by atoms with Gasteiger partial charge in [0, 0.05) is 12.0 Å². The van der Waals surface area contributed by atoms with E-state index in [1.807, 2.05) is 12.2 Å². The lowest BCUT2D eigenvalue weighted by molar-refractivity contribution is -0.119. The zero-order chi connectivity index (χ0) is 19.0. The number of fused-ring (bicyclic) bond motifs is 1. The SMILES string of the molecule is CN1CCC(CC(=O)N2C3=C(CCC=C3)C(=O)Nc3cccc(Cl)c32)CC1. The van der Waals surface area contributed by atoms with Crippen LogP contribution in [0.5, 0.6) is 0 Å². The van der Waals surface area contributed by atoms with Crippen molar-refractivity contribution in [3.8, 4) is 0 Å². The smallest absolute Gasteiger partial charge is 0.253 e. The summed E-state index contributed by atoms with van der Waals surface area (Å²) in [5.74, 6) is 0.227. The quantitative estimate of drug-likeness (QED) is 0.838. The number of hydrogen-bond acceptors (Lipinski definition) is 3. The van der Waals surface area contributed by atoms with Crippen molar-refractivity contribution in [2.24, 2.45) is 5.92 Å². The Bertz CT molecular complexity index is 838. The standard InChI is InChI=1S/C21H24ClN3O2/c1-24-11-9-14(10-12-24)13-19(26)25-18-8-3-2-5-15(18)21(27)23-17-7-4-6-16(22)20(17)25/h3-4,6-8,14H,2,5,9-13H2,1H3,(H,23,27). The van der Waals surface area contributed by atoms with Gasteiger partial charge in [0.05, 0.1) is 22.1 Å². The number of anilines is 2. The Labute approximate surface area is 164 Å². The van der Waals surface area contributed by atoms with Crippen LogP contribution < -0.4 is 10.2 Å². The number of amides is 2. The highest BCUT2D eigenvalue weighted by Crippen LogP contribution is 2.41. The van der Waals surface area contributed by atoms with Gasteiger partial charge < -0.3 is 10.2 Å². The summed E-state index contributed by atoms with van der Waals surface area (Å²) >= 11 is 6.50. The molecule has 3 aliphatic rings. The molecule has 1 aromatic rings. The van der Waals surface area contributed by atoms with Crippen molar-refractivity contribution < 1.29 is 9.59 Å². The summed E-state index contributed by atoms with van der Waals surface area (Å²) < 4.78 is 0. The van der Waals surface area contributed by atoms with E-state index in [1.54, 1.807) is 23.1 Å². The molecule has 0 spiro atoms. The first-order valence-electron chi connectivity index (χ1n) is 9.55. The third-order valence-electron chi connectivity index (χ3n) is 5.67. The number of hydrogen-bond donors (Lipinski definition) is 1. The van der Waals surface area contributed by atoms with Crippen LogP contribution in [0.2, 0.25) is 5.02 Å². The Balaban J connectivity index is 1.73. The second kappa shape index (κ2) is 7.49. The topological polar surface area (TPSA) is 52.7 Å². The molecule has 0 aromatic heterocycles. The second-order valence-corrected chi connectivity index (χ2v) is 7.98. The molecule has 0 bridgehead atoms. The summed E-state index contributed by atoms with van der Waals surface area (Å²) in [6, 6.07) is 5.36. The summed E-state index contributed by atoms with van der Waals surface area (Å²) in [5.41, 5.74) is 2.50. The lowest BCUT2D eigenvalue weighted by Gasteiger charge is -2.32. The molecule has 1 N–H and O–H groups in total. The normalized spacial score (nSPS) is 20.8. The fourth-order valence-electron chi connectivity index (χ4n) is 4.12. The van der Waals surface area contributed by atoms with Crippen molar-refractivity contribution in [1.29, 1.82) is 0 Å². The van der Waals surface area contributed by atoms with E-state index < -0.39 is 0 Å². The highest BCUT2D eigenvalue weighted by atomic mass is 35.5. The van der Waals surface area contributed by atoms with Crippen molar-refractivity contribution in [3.63, 3.8) is 0 Å². The van der Waals surface area contributed by atoms with Gasteiger partial charge in [0.1, 0.15) is 0 Å². The van der Waals surface area contributed by atoms with E-state index in [0.717, 1.165) is 32.4 Å². The average molecular weight is 386 g/mol. The molecule has 1 aliphatic carbocycles. The van der Waals surface area contributed by atoms with Gasteiger partial charge in [0.2, 0.25) is 5.91 Å². The number of carbonyl (C=O) groups is 2. The number of nitrogens with zero attached hydrogens (tertiary/aromatic N) is 2. The molecule has 1 aromatic carbocycles. The summed E-state index contributed by atoms with van der Waals surface area (Å²) in [5, 5.41) is 3.41. The van der Waals surface area contributed by atoms with Crippen LogP contribution in [-0.2, 0) is 9.59 Å². The van der Waals surface area contributed by atoms with Crippen LogP contribution in [0.4, 0.5) is 11.4 Å². The maximum Gasteiger partial charge on any atom is 0.253 e. The Morgan fingerprint density at radius 3 is 2.85 bits per heavy atom. The largest absolute Gasteiger partial charge is 0.320 e. The van der Waals surface area contributed by atoms with Gasteiger partial charge in [-0.05, 0) is 69.9 Å². The lowest BCUT2D eigenvalue weighted by atomic mass is 9.92. The van der Waals surface area contributed by atoms with Crippen LogP contribution in [0, 0.1) is 5.92 Å². The van der Waals surface area contributed by atoms with Gasteiger partial charge in [-0.25, -0.2) is 0 Å². The zero-order valence-corrected chi connectivity index (χ0v) is 16.3. The molecule has 142 valence electrons. The predicted octanol–water partition coefficient (Wildman–Crippen LogP) is 3.96. The zero-order valence-electron chi connectivity index (χ0n) is 15.5. The highest BCUT2D eigenvalue weighted by molar-refractivity contribution is 6.35. The van der Waals surface area contributed by atoms with Gasteiger partial charge in [0.15, 0.2) is 0 Å². The van der Waals surface area contributed by atoms with Crippen molar-refractivity contribution in [2.45, 2.75) is 32.1 Å². The van der Waals surface area contributed by atoms with Crippen molar-refractivity contribution in [3.05, 3.63) is 46.6 Å². The third-order valence-corrected chi connectivity index (χ3v) is 5.98. The number of halogens is 1. The molecule has 1 saturated heterocycles. The fourth-order valence-corrected chi connectivity index (χ4v) is 4.37. The van der Waals surface area contributed by atoms with Crippen LogP contribution in [0.15, 0.2) is 41.6 Å². The number of rotatable bonds is 2. The summed E-state index contributed by atoms with van der Waals surface area (Å²) in [4.78, 5) is 30.1. The number of likely N-dealkylation sites (tertiary alicyclic amines) is 1. The predicted molar refractivity (Wildman–Crippen MR) is 108 cm³/mol. The van der Waals surface area contributed by atoms with Gasteiger partial charge in [-0.3, -0.25) is 14.5 Å². The van der Waals surface area contributed by atoms with E-state index in [9.17, 15) is 9.59 Å². The molecule has 0 atom stereocenters. The molecular weight excluding hydrogens is 362 g/mol. The number of nitrogens with one attached hydrogen (secondary N) is 1. The minimum absolute atomic E-state index is 0.00875. The average Bonchev–Trinajstić information content (AvgIpc) is 2.79. The van der Waals surface area contributed by atoms with E-state index in [2.05, 4.69) is 17.3 Å². The molecule has 6 heteroatoms. The van der Waals surface area contributed by atoms with Crippen molar-refractivity contribution in [1.82, 2.24) is 4.90 Å². The number of benzene rings is 1. The Morgan fingerprint density at radius 1 is 1.30 bits per heavy atom. The minimum atomic E-state index is -0.146. The maximum atomic E-state index is 13.4. The Morgan fingerprint density at radius 2 is 2.07 bits per heavy atom. The van der Waals surface area contributed by atoms with Crippen LogP contribution in [0.1, 0.15) is 32.1 Å². The summed E-state index contributed by atoms with van der Waals surface area (Å²) in [6.07, 6.45) is 7.84. The van der Waals surface area contributed by atoms with Crippen LogP contribution >= 0.6 is 11.6 Å². The van der Waals surface area contributed by atoms with Crippen LogP contribution in [-0.4, -0.2) is 36.9 Å². The van der Waals surface area contributed by atoms with Gasteiger partial charge in [-0.15, -0.1) is 0 Å². The van der Waals surface area contributed by atoms with Crippen LogP contribution in [0.25, 0.3) is 0 Å². The molecule has 0 unspecified atom stereocenters. The Kier molecular flexibility index (Phi) is 5.06. The number of piperidine rings is 1. The van der Waals surface area contributed by atoms with E-state index in [1.165, 1.54) is 0 Å². The van der Waals surface area contributed by atoms with E-state index in [-0.39, 0.29) is 11.8 Å². The molecule has 2 aliphatic heterocycles. The molecule has 2 amide bonds. The first kappa shape index (κ1) is 18.3. The first-order valence-corrected chi connectivity index (χ1v) is 9.93. The lowest BCUT2D eigenvalue weighted by Crippen LogP contribution is -2.36. The third kappa shape index (κ3) is 3.54. The number of carbonyl (C=O) groups excluding carboxylic acids is 2. The van der Waals surface area contributed by atoms with E-state index in [0.29, 0.717) is 46.4 Å². The van der Waals surface area contributed by atoms with E-state index in [4.69, 9.17) is 11.6 Å². The number of allylic oxidation sites excluding steroid dienone is 2. The van der Waals surface area contributed by atoms with Gasteiger partial charge in [-0.2, -0.15) is 0 Å². The molecule has 1 fully saturated rings. The van der Waals surface area contributed by atoms with Crippen molar-refractivity contribution >= 4 is 34.8 Å². The second-order valence-electron chi connectivity index (χ2n) is 7.57. The first-order chi connectivity index (χ1) is 13.0. The molecule has 4 rings (SSSR count). The van der Waals surface area contributed by atoms with Gasteiger partial charge in [-0.1, -0.05) is 23.7 Å². The maximum absolute atomic E-state index is 13.4. The molecular formula is C21H24ClN3O2. The monoisotopic (exact) mass is 385 g/mol. The van der Waals surface area contributed by atoms with Gasteiger partial charge in [0.25, 0.3) is 5.91 Å². The highest BCUT2D eigenvalue weighted by Gasteiger charge is 2.34. The van der Waals surface area contributed by atoms with E-state index >= 15 is 0 Å². The number of para-hydroxylation sites is 1. The summed E-state index contributed by atoms with van der Waals surface area (Å²) in [7, 11) is 2.12. The van der Waals surface area contributed by atoms with Crippen LogP contribution in [0.3, 0.4) is 0 Å². The molecule has 0 radical (unpaired) electrons. The minimum Gasteiger partial charge on any atom is -0.320 e. The Hall–Kier alpha value is -2.11. The molecule has 0 saturated carbocycles. The fraction of sp³-hybridized carbons (Fsp3) is 0.429. The molecule has 5 nitrogen and oxygen atoms in total. The van der Waals surface area contributed by atoms with Gasteiger partial charge >= 0.3 is 0 Å². The molecule has 27 heavy (non-hydrogen) atoms. The van der Waals surface area contributed by atoms with Crippen molar-refractivity contribution in [2.75, 3.05) is 30.4 Å².